The Morgan fingerprint density at radius 2 is 2.35 bits per heavy atom. The monoisotopic (exact) mass is 304 g/mol. The van der Waals surface area contributed by atoms with Crippen LogP contribution in [0.5, 0.6) is 0 Å². The van der Waals surface area contributed by atoms with E-state index in [9.17, 15) is 13.6 Å². The molecule has 0 bridgehead atoms. The van der Waals surface area contributed by atoms with Gasteiger partial charge < -0.3 is 4.74 Å². The number of rotatable bonds is 3. The molecule has 0 N–H and O–H groups in total. The van der Waals surface area contributed by atoms with Crippen molar-refractivity contribution in [1.82, 2.24) is 4.98 Å². The summed E-state index contributed by atoms with van der Waals surface area (Å²) in [5, 5.41) is 8.85. The van der Waals surface area contributed by atoms with E-state index in [1.807, 2.05) is 0 Å². The Labute approximate surface area is 104 Å². The van der Waals surface area contributed by atoms with E-state index >= 15 is 0 Å². The summed E-state index contributed by atoms with van der Waals surface area (Å²) in [5.41, 5.74) is -1.27. The van der Waals surface area contributed by atoms with Gasteiger partial charge in [0.25, 0.3) is 6.43 Å². The Balaban J connectivity index is 3.42. The van der Waals surface area contributed by atoms with Gasteiger partial charge in [-0.05, 0) is 22.9 Å². The summed E-state index contributed by atoms with van der Waals surface area (Å²) in [5.74, 6) is -0.856. The molecule has 0 radical (unpaired) electrons. The van der Waals surface area contributed by atoms with E-state index in [0.717, 1.165) is 6.20 Å². The number of alkyl halides is 2. The number of carbonyl (C=O) groups is 1. The van der Waals surface area contributed by atoms with Gasteiger partial charge in [0.2, 0.25) is 0 Å². The first kappa shape index (κ1) is 13.5. The first-order chi connectivity index (χ1) is 8.02. The molecule has 0 aliphatic carbocycles. The average molecular weight is 305 g/mol. The molecule has 1 aromatic rings. The molecule has 0 aliphatic rings. The number of nitrogens with zero attached hydrogens (tertiary/aromatic N) is 2. The third-order valence-corrected chi connectivity index (χ3v) is 2.49. The lowest BCUT2D eigenvalue weighted by atomic mass is 10.1. The molecule has 0 saturated heterocycles. The second-order valence-electron chi connectivity index (χ2n) is 2.89. The number of halogens is 3. The highest BCUT2D eigenvalue weighted by molar-refractivity contribution is 9.10. The molecule has 0 atom stereocenters. The fourth-order valence-corrected chi connectivity index (χ4v) is 1.64. The minimum Gasteiger partial charge on any atom is -0.462 e. The van der Waals surface area contributed by atoms with Crippen LogP contribution in [0.1, 0.15) is 34.8 Å². The van der Waals surface area contributed by atoms with Crippen molar-refractivity contribution in [2.24, 2.45) is 0 Å². The van der Waals surface area contributed by atoms with Crippen molar-refractivity contribution in [3.8, 4) is 6.07 Å². The highest BCUT2D eigenvalue weighted by Crippen LogP contribution is 2.28. The summed E-state index contributed by atoms with van der Waals surface area (Å²) >= 11 is 2.93. The summed E-state index contributed by atoms with van der Waals surface area (Å²) in [6, 6.07) is 1.57. The van der Waals surface area contributed by atoms with Crippen molar-refractivity contribution in [3.05, 3.63) is 27.5 Å². The minimum absolute atomic E-state index is 0.0110. The number of pyridine rings is 1. The zero-order chi connectivity index (χ0) is 13.0. The molecule has 17 heavy (non-hydrogen) atoms. The first-order valence-corrected chi connectivity index (χ1v) is 5.36. The normalized spacial score (nSPS) is 10.1. The molecule has 0 unspecified atom stereocenters. The third kappa shape index (κ3) is 2.77. The van der Waals surface area contributed by atoms with Crippen LogP contribution in [0, 0.1) is 11.3 Å². The molecule has 0 fully saturated rings. The van der Waals surface area contributed by atoms with E-state index in [1.165, 1.54) is 0 Å². The van der Waals surface area contributed by atoms with Gasteiger partial charge >= 0.3 is 5.97 Å². The van der Waals surface area contributed by atoms with Crippen LogP contribution in [0.4, 0.5) is 8.78 Å². The number of carbonyl (C=O) groups excluding carboxylic acids is 1. The largest absolute Gasteiger partial charge is 0.462 e. The number of esters is 1. The predicted molar refractivity (Wildman–Crippen MR) is 57.6 cm³/mol. The average Bonchev–Trinajstić information content (AvgIpc) is 2.28. The molecule has 1 aromatic heterocycles. The third-order valence-electron chi connectivity index (χ3n) is 1.89. The Hall–Kier alpha value is -1.55. The van der Waals surface area contributed by atoms with Crippen LogP contribution in [-0.4, -0.2) is 17.6 Å². The molecule has 0 amide bonds. The van der Waals surface area contributed by atoms with Gasteiger partial charge in [-0.2, -0.15) is 5.26 Å². The van der Waals surface area contributed by atoms with Gasteiger partial charge in [-0.1, -0.05) is 0 Å². The topological polar surface area (TPSA) is 63.0 Å². The van der Waals surface area contributed by atoms with Crippen LogP contribution < -0.4 is 0 Å². The van der Waals surface area contributed by atoms with Crippen LogP contribution >= 0.6 is 15.9 Å². The molecule has 7 heteroatoms. The number of nitriles is 1. The molecule has 1 rings (SSSR count). The molecule has 90 valence electrons. The van der Waals surface area contributed by atoms with Gasteiger partial charge in [0.15, 0.2) is 0 Å². The Morgan fingerprint density at radius 3 is 2.82 bits per heavy atom. The Morgan fingerprint density at radius 1 is 1.71 bits per heavy atom. The van der Waals surface area contributed by atoms with E-state index in [1.54, 1.807) is 13.0 Å². The Bertz CT molecular complexity index is 486. The predicted octanol–water partition coefficient (Wildman–Crippen LogP) is 2.83. The zero-order valence-corrected chi connectivity index (χ0v) is 10.3. The number of ether oxygens (including phenoxy) is 1. The second-order valence-corrected chi connectivity index (χ2v) is 3.64. The van der Waals surface area contributed by atoms with Gasteiger partial charge in [-0.15, -0.1) is 0 Å². The van der Waals surface area contributed by atoms with Crippen LogP contribution in [0.25, 0.3) is 0 Å². The lowest BCUT2D eigenvalue weighted by Crippen LogP contribution is -2.11. The molecule has 0 aliphatic heterocycles. The summed E-state index contributed by atoms with van der Waals surface area (Å²) < 4.78 is 29.9. The lowest BCUT2D eigenvalue weighted by Gasteiger charge is -2.09. The zero-order valence-electron chi connectivity index (χ0n) is 8.71. The SMILES string of the molecule is CCOC(=O)c1c(Br)ncc(C(F)F)c1C#N. The van der Waals surface area contributed by atoms with Crippen molar-refractivity contribution in [2.75, 3.05) is 6.61 Å². The van der Waals surface area contributed by atoms with Crippen LogP contribution in [0.2, 0.25) is 0 Å². The van der Waals surface area contributed by atoms with E-state index in [4.69, 9.17) is 5.26 Å². The van der Waals surface area contributed by atoms with Crippen molar-refractivity contribution in [2.45, 2.75) is 13.3 Å². The number of hydrogen-bond donors (Lipinski definition) is 0. The number of hydrogen-bond acceptors (Lipinski definition) is 4. The summed E-state index contributed by atoms with van der Waals surface area (Å²) in [4.78, 5) is 15.1. The molecular formula is C10H7BrF2N2O2. The molecule has 4 nitrogen and oxygen atoms in total. The van der Waals surface area contributed by atoms with Crippen LogP contribution in [-0.2, 0) is 4.74 Å². The van der Waals surface area contributed by atoms with Crippen molar-refractivity contribution in [1.29, 1.82) is 5.26 Å². The van der Waals surface area contributed by atoms with Gasteiger partial charge in [-0.3, -0.25) is 0 Å². The van der Waals surface area contributed by atoms with Crippen molar-refractivity contribution < 1.29 is 18.3 Å². The van der Waals surface area contributed by atoms with Gasteiger partial charge in [0.05, 0.1) is 17.7 Å². The molecular weight excluding hydrogens is 298 g/mol. The highest BCUT2D eigenvalue weighted by Gasteiger charge is 2.24. The maximum absolute atomic E-state index is 12.6. The standard InChI is InChI=1S/C10H7BrF2N2O2/c1-2-17-10(16)7-5(3-14)6(9(12)13)4-15-8(7)11/h4,9H,2H2,1H3. The molecule has 0 saturated carbocycles. The number of aromatic nitrogens is 1. The quantitative estimate of drug-likeness (QED) is 0.636. The fraction of sp³-hybridized carbons (Fsp3) is 0.300. The van der Waals surface area contributed by atoms with Crippen molar-refractivity contribution >= 4 is 21.9 Å². The lowest BCUT2D eigenvalue weighted by molar-refractivity contribution is 0.0523. The van der Waals surface area contributed by atoms with Crippen molar-refractivity contribution in [3.63, 3.8) is 0 Å². The Kier molecular flexibility index (Phi) is 4.52. The first-order valence-electron chi connectivity index (χ1n) is 4.56. The molecule has 0 spiro atoms. The van der Waals surface area contributed by atoms with E-state index in [0.29, 0.717) is 0 Å². The van der Waals surface area contributed by atoms with Gasteiger partial charge in [-0.25, -0.2) is 18.6 Å². The van der Waals surface area contributed by atoms with Gasteiger partial charge in [0, 0.05) is 6.20 Å². The maximum Gasteiger partial charge on any atom is 0.342 e. The van der Waals surface area contributed by atoms with Crippen LogP contribution in [0.15, 0.2) is 10.8 Å². The van der Waals surface area contributed by atoms with E-state index in [2.05, 4.69) is 25.7 Å². The maximum atomic E-state index is 12.6. The smallest absolute Gasteiger partial charge is 0.342 e. The highest BCUT2D eigenvalue weighted by atomic mass is 79.9. The van der Waals surface area contributed by atoms with Gasteiger partial charge in [0.1, 0.15) is 16.2 Å². The summed E-state index contributed by atoms with van der Waals surface area (Å²) in [7, 11) is 0. The fourth-order valence-electron chi connectivity index (χ4n) is 1.18. The summed E-state index contributed by atoms with van der Waals surface area (Å²) in [6.07, 6.45) is -2.02. The molecule has 0 aromatic carbocycles. The van der Waals surface area contributed by atoms with E-state index < -0.39 is 23.5 Å². The minimum atomic E-state index is -2.88. The van der Waals surface area contributed by atoms with E-state index in [-0.39, 0.29) is 16.8 Å². The molecule has 1 heterocycles. The second kappa shape index (κ2) is 5.68. The summed E-state index contributed by atoms with van der Waals surface area (Å²) in [6.45, 7) is 1.65. The van der Waals surface area contributed by atoms with Crippen LogP contribution in [0.3, 0.4) is 0 Å².